The molecule has 2 aromatic carbocycles. The number of methoxy groups -OCH3 is 1. The van der Waals surface area contributed by atoms with Gasteiger partial charge in [0.25, 0.3) is 0 Å². The first kappa shape index (κ1) is 27.1. The third kappa shape index (κ3) is 6.58. The molecule has 1 heterocycles. The first-order valence-corrected chi connectivity index (χ1v) is 13.4. The maximum atomic E-state index is 13.3. The highest BCUT2D eigenvalue weighted by molar-refractivity contribution is 9.10. The Morgan fingerprint density at radius 3 is 2.40 bits per heavy atom. The van der Waals surface area contributed by atoms with E-state index in [1.807, 2.05) is 58.0 Å². The van der Waals surface area contributed by atoms with E-state index in [1.54, 1.807) is 16.8 Å². The van der Waals surface area contributed by atoms with Gasteiger partial charge in [0.2, 0.25) is 15.9 Å². The van der Waals surface area contributed by atoms with Crippen molar-refractivity contribution in [2.75, 3.05) is 32.1 Å². The van der Waals surface area contributed by atoms with E-state index in [1.165, 1.54) is 19.2 Å². The summed E-state index contributed by atoms with van der Waals surface area (Å²) in [7, 11) is -2.43. The Labute approximate surface area is 215 Å². The minimum Gasteiger partial charge on any atom is -0.383 e. The predicted octanol–water partition coefficient (Wildman–Crippen LogP) is 4.52. The fourth-order valence-electron chi connectivity index (χ4n) is 3.40. The molecule has 35 heavy (non-hydrogen) atoms. The number of hydrogen-bond donors (Lipinski definition) is 1. The summed E-state index contributed by atoms with van der Waals surface area (Å²) in [6.07, 6.45) is 0. The van der Waals surface area contributed by atoms with E-state index < -0.39 is 15.9 Å². The van der Waals surface area contributed by atoms with Crippen molar-refractivity contribution in [3.8, 4) is 5.69 Å². The van der Waals surface area contributed by atoms with Crippen molar-refractivity contribution in [3.05, 3.63) is 70.3 Å². The molecule has 8 nitrogen and oxygen atoms in total. The average Bonchev–Trinajstić information content (AvgIpc) is 3.21. The Morgan fingerprint density at radius 2 is 1.80 bits per heavy atom. The SMILES string of the molecule is COCCN(CC(=O)Nc1cc(C(C)(C)C)nn1-c1ccccc1C)S(=O)(=O)c1ccc(Br)cc1. The van der Waals surface area contributed by atoms with Gasteiger partial charge in [-0.15, -0.1) is 0 Å². The number of para-hydroxylation sites is 1. The molecule has 3 aromatic rings. The molecule has 0 atom stereocenters. The molecule has 1 N–H and O–H groups in total. The summed E-state index contributed by atoms with van der Waals surface area (Å²) in [4.78, 5) is 13.2. The van der Waals surface area contributed by atoms with Crippen LogP contribution < -0.4 is 5.32 Å². The normalized spacial score (nSPS) is 12.2. The summed E-state index contributed by atoms with van der Waals surface area (Å²) in [5.41, 5.74) is 2.38. The van der Waals surface area contributed by atoms with E-state index in [0.29, 0.717) is 5.82 Å². The maximum absolute atomic E-state index is 13.3. The summed E-state index contributed by atoms with van der Waals surface area (Å²) in [6.45, 7) is 7.91. The predicted molar refractivity (Wildman–Crippen MR) is 140 cm³/mol. The molecule has 3 rings (SSSR count). The first-order valence-electron chi connectivity index (χ1n) is 11.1. The van der Waals surface area contributed by atoms with Gasteiger partial charge in [0.05, 0.1) is 29.4 Å². The van der Waals surface area contributed by atoms with E-state index >= 15 is 0 Å². The Bertz CT molecular complexity index is 1280. The molecule has 0 saturated heterocycles. The van der Waals surface area contributed by atoms with Gasteiger partial charge in [-0.2, -0.15) is 9.40 Å². The van der Waals surface area contributed by atoms with E-state index in [9.17, 15) is 13.2 Å². The van der Waals surface area contributed by atoms with Crippen LogP contribution in [0.25, 0.3) is 5.69 Å². The number of aromatic nitrogens is 2. The van der Waals surface area contributed by atoms with Gasteiger partial charge >= 0.3 is 0 Å². The molecular weight excluding hydrogens is 532 g/mol. The molecule has 188 valence electrons. The monoisotopic (exact) mass is 562 g/mol. The summed E-state index contributed by atoms with van der Waals surface area (Å²) < 4.78 is 35.2. The first-order chi connectivity index (χ1) is 16.4. The summed E-state index contributed by atoms with van der Waals surface area (Å²) >= 11 is 3.31. The van der Waals surface area contributed by atoms with Crippen LogP contribution in [-0.2, 0) is 25.0 Å². The van der Waals surface area contributed by atoms with Crippen molar-refractivity contribution in [2.45, 2.75) is 38.0 Å². The number of nitrogens with zero attached hydrogens (tertiary/aromatic N) is 3. The summed E-state index contributed by atoms with van der Waals surface area (Å²) in [6, 6.07) is 15.9. The van der Waals surface area contributed by atoms with Gasteiger partial charge in [-0.05, 0) is 42.8 Å². The molecule has 0 bridgehead atoms. The minimum absolute atomic E-state index is 0.0343. The zero-order chi connectivity index (χ0) is 25.8. The fraction of sp³-hybridized carbons (Fsp3) is 0.360. The van der Waals surface area contributed by atoms with Gasteiger partial charge in [-0.1, -0.05) is 54.9 Å². The van der Waals surface area contributed by atoms with Crippen molar-refractivity contribution >= 4 is 37.7 Å². The lowest BCUT2D eigenvalue weighted by Gasteiger charge is -2.21. The second kappa shape index (κ2) is 11.0. The second-order valence-electron chi connectivity index (χ2n) is 9.20. The van der Waals surface area contributed by atoms with Gasteiger partial charge < -0.3 is 10.1 Å². The number of sulfonamides is 1. The van der Waals surface area contributed by atoms with Gasteiger partial charge in [-0.25, -0.2) is 13.1 Å². The standard InChI is InChI=1S/C25H31BrN4O4S/c1-18-8-6-7-9-21(18)30-23(16-22(28-30)25(2,3)4)27-24(31)17-29(14-15-34-5)35(32,33)20-12-10-19(26)11-13-20/h6-13,16H,14-15,17H2,1-5H3,(H,27,31). The lowest BCUT2D eigenvalue weighted by molar-refractivity contribution is -0.116. The van der Waals surface area contributed by atoms with Crippen LogP contribution in [0, 0.1) is 6.92 Å². The Morgan fingerprint density at radius 1 is 1.14 bits per heavy atom. The number of halogens is 1. The number of ether oxygens (including phenoxy) is 1. The number of amides is 1. The van der Waals surface area contributed by atoms with Crippen LogP contribution in [0.2, 0.25) is 0 Å². The van der Waals surface area contributed by atoms with E-state index in [0.717, 1.165) is 25.7 Å². The molecule has 0 aliphatic heterocycles. The summed E-state index contributed by atoms with van der Waals surface area (Å²) in [5, 5.41) is 7.62. The number of carbonyl (C=O) groups is 1. The zero-order valence-electron chi connectivity index (χ0n) is 20.6. The molecule has 0 spiro atoms. The van der Waals surface area contributed by atoms with Crippen molar-refractivity contribution in [2.24, 2.45) is 0 Å². The Balaban J connectivity index is 1.92. The third-order valence-corrected chi connectivity index (χ3v) is 7.79. The lowest BCUT2D eigenvalue weighted by atomic mass is 9.92. The van der Waals surface area contributed by atoms with Crippen LogP contribution in [0.1, 0.15) is 32.0 Å². The van der Waals surface area contributed by atoms with Crippen LogP contribution >= 0.6 is 15.9 Å². The fourth-order valence-corrected chi connectivity index (χ4v) is 5.04. The number of rotatable bonds is 9. The largest absolute Gasteiger partial charge is 0.383 e. The summed E-state index contributed by atoms with van der Waals surface area (Å²) in [5.74, 6) is -0.000982. The molecule has 0 radical (unpaired) electrons. The number of benzene rings is 2. The molecular formula is C25H31BrN4O4S. The van der Waals surface area contributed by atoms with Crippen LogP contribution in [-0.4, -0.2) is 55.2 Å². The molecule has 1 aromatic heterocycles. The third-order valence-electron chi connectivity index (χ3n) is 5.41. The van der Waals surface area contributed by atoms with Crippen LogP contribution in [0.15, 0.2) is 64.0 Å². The molecule has 0 fully saturated rings. The highest BCUT2D eigenvalue weighted by atomic mass is 79.9. The van der Waals surface area contributed by atoms with Crippen LogP contribution in [0.3, 0.4) is 0 Å². The topological polar surface area (TPSA) is 93.5 Å². The van der Waals surface area contributed by atoms with Crippen molar-refractivity contribution in [1.82, 2.24) is 14.1 Å². The highest BCUT2D eigenvalue weighted by Gasteiger charge is 2.28. The zero-order valence-corrected chi connectivity index (χ0v) is 23.0. The van der Waals surface area contributed by atoms with Crippen molar-refractivity contribution < 1.29 is 17.9 Å². The minimum atomic E-state index is -3.92. The average molecular weight is 564 g/mol. The van der Waals surface area contributed by atoms with Gasteiger partial charge in [0, 0.05) is 29.6 Å². The molecule has 0 unspecified atom stereocenters. The number of anilines is 1. The van der Waals surface area contributed by atoms with E-state index in [4.69, 9.17) is 9.84 Å². The second-order valence-corrected chi connectivity index (χ2v) is 12.1. The number of aryl methyl sites for hydroxylation is 1. The van der Waals surface area contributed by atoms with Gasteiger partial charge in [0.15, 0.2) is 0 Å². The quantitative estimate of drug-likeness (QED) is 0.414. The smallest absolute Gasteiger partial charge is 0.243 e. The lowest BCUT2D eigenvalue weighted by Crippen LogP contribution is -2.40. The van der Waals surface area contributed by atoms with E-state index in [-0.39, 0.29) is 30.0 Å². The molecule has 0 aliphatic carbocycles. The number of nitrogens with one attached hydrogen (secondary N) is 1. The van der Waals surface area contributed by atoms with Crippen LogP contribution in [0.4, 0.5) is 5.82 Å². The van der Waals surface area contributed by atoms with Crippen molar-refractivity contribution in [1.29, 1.82) is 0 Å². The van der Waals surface area contributed by atoms with Crippen LogP contribution in [0.5, 0.6) is 0 Å². The maximum Gasteiger partial charge on any atom is 0.243 e. The molecule has 0 aliphatic rings. The molecule has 1 amide bonds. The van der Waals surface area contributed by atoms with Gasteiger partial charge in [-0.3, -0.25) is 4.79 Å². The molecule has 0 saturated carbocycles. The van der Waals surface area contributed by atoms with Gasteiger partial charge in [0.1, 0.15) is 5.82 Å². The van der Waals surface area contributed by atoms with E-state index in [2.05, 4.69) is 21.2 Å². The number of hydrogen-bond acceptors (Lipinski definition) is 5. The number of carbonyl (C=O) groups excluding carboxylic acids is 1. The highest BCUT2D eigenvalue weighted by Crippen LogP contribution is 2.27. The van der Waals surface area contributed by atoms with Crippen molar-refractivity contribution in [3.63, 3.8) is 0 Å². The Kier molecular flexibility index (Phi) is 8.53. The molecule has 10 heteroatoms. The Hall–Kier alpha value is -2.53.